The Hall–Kier alpha value is -1.51. The van der Waals surface area contributed by atoms with Gasteiger partial charge in [0.1, 0.15) is 11.6 Å². The van der Waals surface area contributed by atoms with Crippen molar-refractivity contribution < 1.29 is 13.9 Å². The van der Waals surface area contributed by atoms with Gasteiger partial charge in [0.15, 0.2) is 0 Å². The van der Waals surface area contributed by atoms with E-state index in [-0.39, 0.29) is 24.2 Å². The van der Waals surface area contributed by atoms with Crippen molar-refractivity contribution in [3.8, 4) is 6.07 Å². The minimum atomic E-state index is -0.750. The minimum Gasteiger partial charge on any atom is -0.392 e. The first-order valence-electron chi connectivity index (χ1n) is 5.35. The molecule has 0 amide bonds. The van der Waals surface area contributed by atoms with Gasteiger partial charge in [0, 0.05) is 18.7 Å². The molecule has 5 heteroatoms. The van der Waals surface area contributed by atoms with Gasteiger partial charge in [0.2, 0.25) is 0 Å². The molecule has 0 aliphatic carbocycles. The van der Waals surface area contributed by atoms with Gasteiger partial charge in [-0.25, -0.2) is 8.78 Å². The zero-order valence-corrected chi connectivity index (χ0v) is 9.50. The van der Waals surface area contributed by atoms with E-state index in [2.05, 4.69) is 5.32 Å². The first kappa shape index (κ1) is 13.6. The normalized spacial score (nSPS) is 12.2. The highest BCUT2D eigenvalue weighted by Gasteiger charge is 2.11. The third-order valence-electron chi connectivity index (χ3n) is 2.42. The van der Waals surface area contributed by atoms with Crippen LogP contribution in [0.5, 0.6) is 0 Å². The lowest BCUT2D eigenvalue weighted by molar-refractivity contribution is 0.167. The van der Waals surface area contributed by atoms with Crippen molar-refractivity contribution in [2.24, 2.45) is 0 Å². The molecule has 1 unspecified atom stereocenters. The standard InChI is InChI=1S/C12H14F2N2O/c1-2-9(17)6-16-7-10-11(13)3-8(5-15)4-12(10)14/h3-4,9,16-17H,2,6-7H2,1H3. The molecule has 0 aliphatic heterocycles. The Kier molecular flexibility index (Phi) is 5.01. The summed E-state index contributed by atoms with van der Waals surface area (Å²) >= 11 is 0. The van der Waals surface area contributed by atoms with E-state index in [0.717, 1.165) is 12.1 Å². The molecule has 0 fully saturated rings. The van der Waals surface area contributed by atoms with E-state index in [0.29, 0.717) is 6.42 Å². The van der Waals surface area contributed by atoms with Crippen LogP contribution in [0.15, 0.2) is 12.1 Å². The van der Waals surface area contributed by atoms with Gasteiger partial charge in [-0.2, -0.15) is 5.26 Å². The van der Waals surface area contributed by atoms with Gasteiger partial charge in [-0.3, -0.25) is 0 Å². The molecule has 0 radical (unpaired) electrons. The Balaban J connectivity index is 2.69. The number of nitrogens with zero attached hydrogens (tertiary/aromatic N) is 1. The average molecular weight is 240 g/mol. The van der Waals surface area contributed by atoms with Crippen LogP contribution in [0, 0.1) is 23.0 Å². The summed E-state index contributed by atoms with van der Waals surface area (Å²) in [6, 6.07) is 3.67. The molecule has 17 heavy (non-hydrogen) atoms. The molecule has 1 rings (SSSR count). The topological polar surface area (TPSA) is 56.0 Å². The van der Waals surface area contributed by atoms with Gasteiger partial charge < -0.3 is 10.4 Å². The number of rotatable bonds is 5. The lowest BCUT2D eigenvalue weighted by Gasteiger charge is -2.10. The molecule has 3 nitrogen and oxygen atoms in total. The summed E-state index contributed by atoms with van der Waals surface area (Å²) in [5.41, 5.74) is -0.162. The molecule has 0 heterocycles. The monoisotopic (exact) mass is 240 g/mol. The van der Waals surface area contributed by atoms with Crippen molar-refractivity contribution in [3.05, 3.63) is 34.9 Å². The van der Waals surface area contributed by atoms with E-state index in [1.54, 1.807) is 6.07 Å². The highest BCUT2D eigenvalue weighted by atomic mass is 19.1. The molecule has 92 valence electrons. The lowest BCUT2D eigenvalue weighted by Crippen LogP contribution is -2.26. The van der Waals surface area contributed by atoms with Gasteiger partial charge in [0.05, 0.1) is 17.7 Å². The summed E-state index contributed by atoms with van der Waals surface area (Å²) in [5.74, 6) is -1.50. The van der Waals surface area contributed by atoms with Crippen LogP contribution in [-0.4, -0.2) is 17.8 Å². The van der Waals surface area contributed by atoms with E-state index >= 15 is 0 Å². The van der Waals surface area contributed by atoms with E-state index in [1.165, 1.54) is 0 Å². The van der Waals surface area contributed by atoms with Crippen LogP contribution in [0.4, 0.5) is 8.78 Å². The summed E-state index contributed by atoms with van der Waals surface area (Å²) in [6.45, 7) is 2.07. The Labute approximate surface area is 98.7 Å². The fraction of sp³-hybridized carbons (Fsp3) is 0.417. The van der Waals surface area contributed by atoms with E-state index in [9.17, 15) is 13.9 Å². The number of halogens is 2. The van der Waals surface area contributed by atoms with Crippen molar-refractivity contribution in [2.45, 2.75) is 26.0 Å². The second kappa shape index (κ2) is 6.28. The zero-order valence-electron chi connectivity index (χ0n) is 9.50. The van der Waals surface area contributed by atoms with Crippen LogP contribution in [0.3, 0.4) is 0 Å². The minimum absolute atomic E-state index is 0.0135. The Morgan fingerprint density at radius 1 is 1.41 bits per heavy atom. The van der Waals surface area contributed by atoms with E-state index in [1.807, 2.05) is 6.92 Å². The Morgan fingerprint density at radius 2 is 2.00 bits per heavy atom. The van der Waals surface area contributed by atoms with E-state index in [4.69, 9.17) is 5.26 Å². The van der Waals surface area contributed by atoms with Crippen LogP contribution in [0.1, 0.15) is 24.5 Å². The number of aliphatic hydroxyl groups excluding tert-OH is 1. The maximum Gasteiger partial charge on any atom is 0.131 e. The van der Waals surface area contributed by atoms with Crippen LogP contribution < -0.4 is 5.32 Å². The fourth-order valence-corrected chi connectivity index (χ4v) is 1.34. The quantitative estimate of drug-likeness (QED) is 0.823. The van der Waals surface area contributed by atoms with Crippen molar-refractivity contribution in [1.82, 2.24) is 5.32 Å². The molecule has 0 bridgehead atoms. The number of aliphatic hydroxyl groups is 1. The molecule has 1 atom stereocenters. The molecule has 0 aliphatic rings. The third-order valence-corrected chi connectivity index (χ3v) is 2.42. The largest absolute Gasteiger partial charge is 0.392 e. The highest BCUT2D eigenvalue weighted by molar-refractivity contribution is 5.34. The predicted octanol–water partition coefficient (Wildman–Crippen LogP) is 1.70. The highest BCUT2D eigenvalue weighted by Crippen LogP contribution is 2.14. The van der Waals surface area contributed by atoms with Gasteiger partial charge in [-0.05, 0) is 18.6 Å². The van der Waals surface area contributed by atoms with Crippen molar-refractivity contribution in [1.29, 1.82) is 5.26 Å². The van der Waals surface area contributed by atoms with Crippen molar-refractivity contribution in [2.75, 3.05) is 6.54 Å². The predicted molar refractivity (Wildman–Crippen MR) is 59.1 cm³/mol. The average Bonchev–Trinajstić information content (AvgIpc) is 2.31. The van der Waals surface area contributed by atoms with Gasteiger partial charge in [0.25, 0.3) is 0 Å². The van der Waals surface area contributed by atoms with Gasteiger partial charge in [-0.1, -0.05) is 6.92 Å². The number of hydrogen-bond donors (Lipinski definition) is 2. The molecule has 0 spiro atoms. The zero-order chi connectivity index (χ0) is 12.8. The summed E-state index contributed by atoms with van der Waals surface area (Å²) < 4.78 is 26.8. The van der Waals surface area contributed by atoms with Crippen LogP contribution in [0.2, 0.25) is 0 Å². The Morgan fingerprint density at radius 3 is 2.47 bits per heavy atom. The second-order valence-corrected chi connectivity index (χ2v) is 3.72. The Bertz CT molecular complexity index is 406. The number of nitrogens with one attached hydrogen (secondary N) is 1. The molecule has 0 aromatic heterocycles. The SMILES string of the molecule is CCC(O)CNCc1c(F)cc(C#N)cc1F. The third kappa shape index (κ3) is 3.77. The van der Waals surface area contributed by atoms with Crippen molar-refractivity contribution >= 4 is 0 Å². The van der Waals surface area contributed by atoms with Crippen LogP contribution in [-0.2, 0) is 6.54 Å². The van der Waals surface area contributed by atoms with Gasteiger partial charge >= 0.3 is 0 Å². The molecule has 0 saturated carbocycles. The number of benzene rings is 1. The summed E-state index contributed by atoms with van der Waals surface area (Å²) in [6.07, 6.45) is 0.0465. The second-order valence-electron chi connectivity index (χ2n) is 3.72. The molecule has 0 saturated heterocycles. The van der Waals surface area contributed by atoms with Crippen molar-refractivity contribution in [3.63, 3.8) is 0 Å². The molecule has 1 aromatic carbocycles. The molecule has 1 aromatic rings. The lowest BCUT2D eigenvalue weighted by atomic mass is 10.1. The maximum atomic E-state index is 13.4. The maximum absolute atomic E-state index is 13.4. The summed E-state index contributed by atoms with van der Waals surface area (Å²) in [7, 11) is 0. The first-order valence-corrected chi connectivity index (χ1v) is 5.35. The molecule has 2 N–H and O–H groups in total. The van der Waals surface area contributed by atoms with E-state index < -0.39 is 17.7 Å². The summed E-state index contributed by atoms with van der Waals surface area (Å²) in [5, 5.41) is 20.5. The first-order chi connectivity index (χ1) is 8.08. The molecular weight excluding hydrogens is 226 g/mol. The number of hydrogen-bond acceptors (Lipinski definition) is 3. The fourth-order valence-electron chi connectivity index (χ4n) is 1.34. The van der Waals surface area contributed by atoms with Gasteiger partial charge in [-0.15, -0.1) is 0 Å². The number of nitriles is 1. The molecular formula is C12H14F2N2O. The van der Waals surface area contributed by atoms with Crippen LogP contribution in [0.25, 0.3) is 0 Å². The smallest absolute Gasteiger partial charge is 0.131 e. The summed E-state index contributed by atoms with van der Waals surface area (Å²) in [4.78, 5) is 0. The van der Waals surface area contributed by atoms with Crippen LogP contribution >= 0.6 is 0 Å².